The van der Waals surface area contributed by atoms with E-state index in [9.17, 15) is 14.0 Å². The number of amides is 2. The highest BCUT2D eigenvalue weighted by Crippen LogP contribution is 2.09. The molecule has 1 N–H and O–H groups in total. The predicted molar refractivity (Wildman–Crippen MR) is 76.9 cm³/mol. The molecule has 0 aliphatic carbocycles. The summed E-state index contributed by atoms with van der Waals surface area (Å²) in [6.45, 7) is 1.42. The van der Waals surface area contributed by atoms with E-state index in [2.05, 4.69) is 5.32 Å². The fourth-order valence-electron chi connectivity index (χ4n) is 2.40. The van der Waals surface area contributed by atoms with Crippen LogP contribution in [0.25, 0.3) is 0 Å². The topological polar surface area (TPSA) is 52.7 Å². The standard InChI is InChI=1S/C15H20FN3O2/c1-18(9-11-3-5-12(16)6-4-11)10-14(20)17-13-7-8-19(2)15(13)21/h3-6,13H,7-10H2,1-2H3,(H,17,20). The Balaban J connectivity index is 1.79. The van der Waals surface area contributed by atoms with E-state index in [1.165, 1.54) is 12.1 Å². The molecule has 2 rings (SSSR count). The van der Waals surface area contributed by atoms with Gasteiger partial charge in [-0.2, -0.15) is 0 Å². The van der Waals surface area contributed by atoms with E-state index in [0.29, 0.717) is 19.5 Å². The number of likely N-dealkylation sites (tertiary alicyclic amines) is 1. The van der Waals surface area contributed by atoms with Crippen LogP contribution in [-0.2, 0) is 16.1 Å². The van der Waals surface area contributed by atoms with Crippen molar-refractivity contribution in [2.75, 3.05) is 27.2 Å². The van der Waals surface area contributed by atoms with Crippen LogP contribution in [-0.4, -0.2) is 54.8 Å². The van der Waals surface area contributed by atoms with Crippen molar-refractivity contribution in [1.29, 1.82) is 0 Å². The number of halogens is 1. The Bertz CT molecular complexity index is 518. The summed E-state index contributed by atoms with van der Waals surface area (Å²) in [4.78, 5) is 27.1. The molecule has 5 nitrogen and oxygen atoms in total. The van der Waals surface area contributed by atoms with Gasteiger partial charge in [-0.3, -0.25) is 14.5 Å². The van der Waals surface area contributed by atoms with Crippen molar-refractivity contribution in [3.8, 4) is 0 Å². The summed E-state index contributed by atoms with van der Waals surface area (Å²) < 4.78 is 12.8. The minimum atomic E-state index is -0.401. The van der Waals surface area contributed by atoms with Crippen LogP contribution in [0.4, 0.5) is 4.39 Å². The van der Waals surface area contributed by atoms with Gasteiger partial charge in [-0.05, 0) is 31.2 Å². The van der Waals surface area contributed by atoms with Crippen molar-refractivity contribution >= 4 is 11.8 Å². The molecular weight excluding hydrogens is 273 g/mol. The van der Waals surface area contributed by atoms with E-state index in [4.69, 9.17) is 0 Å². The molecule has 1 atom stereocenters. The normalized spacial score (nSPS) is 18.4. The first-order valence-corrected chi connectivity index (χ1v) is 6.93. The molecule has 1 aliphatic rings. The van der Waals surface area contributed by atoms with Crippen molar-refractivity contribution in [2.45, 2.75) is 19.0 Å². The molecule has 1 aliphatic heterocycles. The van der Waals surface area contributed by atoms with E-state index < -0.39 is 6.04 Å². The van der Waals surface area contributed by atoms with Crippen LogP contribution in [0.15, 0.2) is 24.3 Å². The van der Waals surface area contributed by atoms with Gasteiger partial charge < -0.3 is 10.2 Å². The first-order valence-electron chi connectivity index (χ1n) is 6.93. The molecule has 0 aromatic heterocycles. The zero-order chi connectivity index (χ0) is 15.4. The largest absolute Gasteiger partial charge is 0.344 e. The number of nitrogens with one attached hydrogen (secondary N) is 1. The van der Waals surface area contributed by atoms with Crippen LogP contribution in [0.5, 0.6) is 0 Å². The maximum atomic E-state index is 12.8. The van der Waals surface area contributed by atoms with Crippen molar-refractivity contribution in [2.24, 2.45) is 0 Å². The second-order valence-corrected chi connectivity index (χ2v) is 5.47. The van der Waals surface area contributed by atoms with Crippen LogP contribution < -0.4 is 5.32 Å². The molecule has 0 saturated carbocycles. The highest BCUT2D eigenvalue weighted by molar-refractivity contribution is 5.89. The van der Waals surface area contributed by atoms with Crippen molar-refractivity contribution < 1.29 is 14.0 Å². The van der Waals surface area contributed by atoms with Gasteiger partial charge in [-0.25, -0.2) is 4.39 Å². The predicted octanol–water partition coefficient (Wildman–Crippen LogP) is 0.604. The van der Waals surface area contributed by atoms with Crippen LogP contribution in [0, 0.1) is 5.82 Å². The van der Waals surface area contributed by atoms with Gasteiger partial charge in [0.1, 0.15) is 11.9 Å². The van der Waals surface area contributed by atoms with Gasteiger partial charge >= 0.3 is 0 Å². The van der Waals surface area contributed by atoms with Crippen LogP contribution in [0.1, 0.15) is 12.0 Å². The fraction of sp³-hybridized carbons (Fsp3) is 0.467. The van der Waals surface area contributed by atoms with Crippen molar-refractivity contribution in [1.82, 2.24) is 15.1 Å². The average molecular weight is 293 g/mol. The van der Waals surface area contributed by atoms with Crippen molar-refractivity contribution in [3.63, 3.8) is 0 Å². The lowest BCUT2D eigenvalue weighted by molar-refractivity contribution is -0.132. The molecule has 1 unspecified atom stereocenters. The quantitative estimate of drug-likeness (QED) is 0.865. The molecule has 6 heteroatoms. The number of hydrogen-bond donors (Lipinski definition) is 1. The molecule has 21 heavy (non-hydrogen) atoms. The summed E-state index contributed by atoms with van der Waals surface area (Å²) in [6.07, 6.45) is 0.656. The number of carbonyl (C=O) groups excluding carboxylic acids is 2. The SMILES string of the molecule is CN(CC(=O)NC1CCN(C)C1=O)Cc1ccc(F)cc1. The van der Waals surface area contributed by atoms with Crippen molar-refractivity contribution in [3.05, 3.63) is 35.6 Å². The Hall–Kier alpha value is -1.95. The van der Waals surface area contributed by atoms with Gasteiger partial charge in [-0.15, -0.1) is 0 Å². The lowest BCUT2D eigenvalue weighted by Gasteiger charge is -2.18. The zero-order valence-corrected chi connectivity index (χ0v) is 12.3. The maximum absolute atomic E-state index is 12.8. The Morgan fingerprint density at radius 3 is 2.67 bits per heavy atom. The van der Waals surface area contributed by atoms with Crippen LogP contribution in [0.2, 0.25) is 0 Å². The third kappa shape index (κ3) is 4.26. The Morgan fingerprint density at radius 1 is 1.43 bits per heavy atom. The lowest BCUT2D eigenvalue weighted by atomic mass is 10.2. The molecule has 0 radical (unpaired) electrons. The zero-order valence-electron chi connectivity index (χ0n) is 12.3. The highest BCUT2D eigenvalue weighted by atomic mass is 19.1. The molecule has 1 aromatic rings. The second-order valence-electron chi connectivity index (χ2n) is 5.47. The van der Waals surface area contributed by atoms with Crippen LogP contribution >= 0.6 is 0 Å². The van der Waals surface area contributed by atoms with E-state index in [0.717, 1.165) is 5.56 Å². The average Bonchev–Trinajstić information content (AvgIpc) is 2.73. The summed E-state index contributed by atoms with van der Waals surface area (Å²) in [5.74, 6) is -0.485. The van der Waals surface area contributed by atoms with E-state index in [1.54, 1.807) is 24.1 Å². The number of benzene rings is 1. The number of nitrogens with zero attached hydrogens (tertiary/aromatic N) is 2. The van der Waals surface area contributed by atoms with E-state index >= 15 is 0 Å². The Labute approximate surface area is 123 Å². The monoisotopic (exact) mass is 293 g/mol. The molecule has 0 spiro atoms. The van der Waals surface area contributed by atoms with E-state index in [1.807, 2.05) is 11.9 Å². The third-order valence-electron chi connectivity index (χ3n) is 3.54. The smallest absolute Gasteiger partial charge is 0.244 e. The van der Waals surface area contributed by atoms with Gasteiger partial charge in [0.25, 0.3) is 0 Å². The van der Waals surface area contributed by atoms with Crippen LogP contribution in [0.3, 0.4) is 0 Å². The van der Waals surface area contributed by atoms with Gasteiger partial charge in [-0.1, -0.05) is 12.1 Å². The molecule has 1 heterocycles. The summed E-state index contributed by atoms with van der Waals surface area (Å²) in [5.41, 5.74) is 0.934. The first kappa shape index (κ1) is 15.4. The number of likely N-dealkylation sites (N-methyl/N-ethyl adjacent to an activating group) is 2. The van der Waals surface area contributed by atoms with Gasteiger partial charge in [0.2, 0.25) is 11.8 Å². The molecule has 1 saturated heterocycles. The Morgan fingerprint density at radius 2 is 2.10 bits per heavy atom. The second kappa shape index (κ2) is 6.67. The lowest BCUT2D eigenvalue weighted by Crippen LogP contribution is -2.44. The summed E-state index contributed by atoms with van der Waals surface area (Å²) in [5, 5.41) is 2.75. The highest BCUT2D eigenvalue weighted by Gasteiger charge is 2.30. The molecule has 1 fully saturated rings. The molecule has 0 bridgehead atoms. The summed E-state index contributed by atoms with van der Waals surface area (Å²) in [6, 6.07) is 5.78. The molecular formula is C15H20FN3O2. The number of hydrogen-bond acceptors (Lipinski definition) is 3. The summed E-state index contributed by atoms with van der Waals surface area (Å²) >= 11 is 0. The minimum absolute atomic E-state index is 0.0375. The van der Waals surface area contributed by atoms with Gasteiger partial charge in [0, 0.05) is 20.1 Å². The third-order valence-corrected chi connectivity index (χ3v) is 3.54. The summed E-state index contributed by atoms with van der Waals surface area (Å²) in [7, 11) is 3.54. The molecule has 114 valence electrons. The maximum Gasteiger partial charge on any atom is 0.244 e. The number of rotatable bonds is 5. The fourth-order valence-corrected chi connectivity index (χ4v) is 2.40. The minimum Gasteiger partial charge on any atom is -0.344 e. The van der Waals surface area contributed by atoms with Gasteiger partial charge in [0.05, 0.1) is 6.54 Å². The first-order chi connectivity index (χ1) is 9.95. The molecule has 1 aromatic carbocycles. The number of carbonyl (C=O) groups is 2. The molecule has 2 amide bonds. The Kier molecular flexibility index (Phi) is 4.90. The van der Waals surface area contributed by atoms with Gasteiger partial charge in [0.15, 0.2) is 0 Å². The van der Waals surface area contributed by atoms with E-state index in [-0.39, 0.29) is 24.2 Å².